The molecule has 5 aliphatic rings. The van der Waals surface area contributed by atoms with Gasteiger partial charge in [0.25, 0.3) is 5.91 Å². The SMILES string of the molecule is COCC(COC)N1CCN(C[C@]2(OC)/C=C/C[C@H](C)[C@@H](C)S(=O)(=O)NC(=O)c3ccc4c(n3)N(C[C@@H]3CC[C@H]32)C[C@@]2(CCCc3cc(Cl)ccc32)CO4)CC1. The van der Waals surface area contributed by atoms with Crippen molar-refractivity contribution >= 4 is 33.3 Å². The molecule has 1 spiro atoms. The van der Waals surface area contributed by atoms with E-state index in [1.807, 2.05) is 20.1 Å². The highest BCUT2D eigenvalue weighted by molar-refractivity contribution is 7.90. The number of aromatic nitrogens is 1. The highest BCUT2D eigenvalue weighted by atomic mass is 35.5. The molecule has 2 fully saturated rings. The first-order valence-corrected chi connectivity index (χ1v) is 22.2. The molecule has 2 aromatic rings. The van der Waals surface area contributed by atoms with E-state index in [-0.39, 0.29) is 34.9 Å². The third kappa shape index (κ3) is 8.37. The number of piperazine rings is 1. The number of pyridine rings is 1. The van der Waals surface area contributed by atoms with Gasteiger partial charge >= 0.3 is 0 Å². The number of ether oxygens (including phenoxy) is 4. The fraction of sp³-hybridized carbons (Fsp3) is 0.667. The van der Waals surface area contributed by atoms with Crippen molar-refractivity contribution in [3.05, 3.63) is 64.3 Å². The number of methoxy groups -OCH3 is 3. The van der Waals surface area contributed by atoms with Crippen molar-refractivity contribution in [2.24, 2.45) is 17.8 Å². The maximum absolute atomic E-state index is 13.6. The van der Waals surface area contributed by atoms with E-state index in [0.29, 0.717) is 50.9 Å². The van der Waals surface area contributed by atoms with E-state index in [2.05, 4.69) is 43.7 Å². The van der Waals surface area contributed by atoms with E-state index in [4.69, 9.17) is 35.5 Å². The van der Waals surface area contributed by atoms with Gasteiger partial charge in [-0.3, -0.25) is 14.6 Å². The maximum Gasteiger partial charge on any atom is 0.283 e. The number of benzene rings is 1. The number of hydrogen-bond donors (Lipinski definition) is 1. The Labute approximate surface area is 338 Å². The van der Waals surface area contributed by atoms with Crippen molar-refractivity contribution in [2.45, 2.75) is 74.7 Å². The summed E-state index contributed by atoms with van der Waals surface area (Å²) in [6.45, 7) is 10.9. The van der Waals surface area contributed by atoms with Crippen molar-refractivity contribution in [3.8, 4) is 5.75 Å². The molecule has 14 heteroatoms. The van der Waals surface area contributed by atoms with Gasteiger partial charge in [-0.05, 0) is 98.6 Å². The largest absolute Gasteiger partial charge is 0.489 e. The Balaban J connectivity index is 1.25. The minimum absolute atomic E-state index is 0.0494. The predicted molar refractivity (Wildman–Crippen MR) is 218 cm³/mol. The minimum Gasteiger partial charge on any atom is -0.489 e. The fourth-order valence-corrected chi connectivity index (χ4v) is 11.4. The van der Waals surface area contributed by atoms with Crippen LogP contribution in [0.4, 0.5) is 5.82 Å². The summed E-state index contributed by atoms with van der Waals surface area (Å²) in [6, 6.07) is 9.77. The van der Waals surface area contributed by atoms with Gasteiger partial charge < -0.3 is 23.8 Å². The van der Waals surface area contributed by atoms with E-state index in [1.54, 1.807) is 33.3 Å². The number of anilines is 1. The van der Waals surface area contributed by atoms with Crippen molar-refractivity contribution in [1.29, 1.82) is 0 Å². The lowest BCUT2D eigenvalue weighted by atomic mass is 9.63. The second kappa shape index (κ2) is 17.2. The average Bonchev–Trinajstić information content (AvgIpc) is 3.32. The number of halogens is 1. The number of carbonyl (C=O) groups is 1. The van der Waals surface area contributed by atoms with Crippen LogP contribution in [0.2, 0.25) is 5.02 Å². The smallest absolute Gasteiger partial charge is 0.283 e. The monoisotopic (exact) mass is 813 g/mol. The summed E-state index contributed by atoms with van der Waals surface area (Å²) in [7, 11) is 1.29. The fourth-order valence-electron chi connectivity index (χ4n) is 9.93. The topological polar surface area (TPSA) is 123 Å². The lowest BCUT2D eigenvalue weighted by molar-refractivity contribution is -0.0979. The molecule has 56 heavy (non-hydrogen) atoms. The van der Waals surface area contributed by atoms with Crippen molar-refractivity contribution in [2.75, 3.05) is 91.9 Å². The first-order valence-electron chi connectivity index (χ1n) is 20.3. The molecule has 1 saturated carbocycles. The highest BCUT2D eigenvalue weighted by Gasteiger charge is 2.50. The summed E-state index contributed by atoms with van der Waals surface area (Å²) in [5.74, 6) is 0.650. The summed E-state index contributed by atoms with van der Waals surface area (Å²) >= 11 is 6.51. The van der Waals surface area contributed by atoms with E-state index < -0.39 is 26.8 Å². The first-order chi connectivity index (χ1) is 26.9. The lowest BCUT2D eigenvalue weighted by Crippen LogP contribution is -2.60. The van der Waals surface area contributed by atoms with Crippen LogP contribution in [0.15, 0.2) is 42.5 Å². The van der Waals surface area contributed by atoms with Crippen LogP contribution >= 0.6 is 11.6 Å². The molecule has 12 nitrogen and oxygen atoms in total. The number of sulfonamides is 1. The first kappa shape index (κ1) is 41.4. The molecule has 1 N–H and O–H groups in total. The van der Waals surface area contributed by atoms with Crippen molar-refractivity contribution < 1.29 is 32.2 Å². The van der Waals surface area contributed by atoms with Crippen LogP contribution in [0.5, 0.6) is 5.75 Å². The molecular formula is C42H60ClN5O7S. The van der Waals surface area contributed by atoms with Gasteiger partial charge in [-0.25, -0.2) is 18.1 Å². The summed E-state index contributed by atoms with van der Waals surface area (Å²) in [4.78, 5) is 25.8. The van der Waals surface area contributed by atoms with E-state index in [0.717, 1.165) is 69.9 Å². The van der Waals surface area contributed by atoms with E-state index in [9.17, 15) is 13.2 Å². The molecule has 2 aliphatic carbocycles. The molecule has 7 rings (SSSR count). The van der Waals surface area contributed by atoms with Crippen LogP contribution in [0.1, 0.15) is 67.6 Å². The van der Waals surface area contributed by atoms with E-state index in [1.165, 1.54) is 11.1 Å². The number of amides is 1. The van der Waals surface area contributed by atoms with Crippen molar-refractivity contribution in [1.82, 2.24) is 19.5 Å². The highest BCUT2D eigenvalue weighted by Crippen LogP contribution is 2.49. The standard InChI is InChI=1S/C42H60ClN5O7S/c1-29-8-6-17-42(54-5,27-46-18-20-47(21-19-46)34(24-52-3)25-53-4)36-12-10-32(36)23-48-26-41(16-7-9-31-22-33(43)11-13-35(31)41)28-55-38-15-14-37(44-39(38)48)40(49)45-56(50,51)30(29)2/h6,11,13-15,17,22,29-30,32,34,36H,7-10,12,16,18-21,23-28H2,1-5H3,(H,45,49)/b17-6+/t29-,30+,32-,36+,41-,42+/m0/s1. The molecule has 1 saturated heterocycles. The summed E-state index contributed by atoms with van der Waals surface area (Å²) in [6.07, 6.45) is 9.81. The molecule has 0 unspecified atom stereocenters. The third-order valence-electron chi connectivity index (χ3n) is 13.5. The van der Waals surface area contributed by atoms with Crippen LogP contribution in [0.25, 0.3) is 0 Å². The van der Waals surface area contributed by atoms with Crippen LogP contribution in [-0.2, 0) is 36.1 Å². The number of nitrogens with one attached hydrogen (secondary N) is 1. The number of hydrogen-bond acceptors (Lipinski definition) is 11. The predicted octanol–water partition coefficient (Wildman–Crippen LogP) is 4.94. The number of fused-ring (bicyclic) bond motifs is 4. The zero-order chi connectivity index (χ0) is 39.7. The zero-order valence-electron chi connectivity index (χ0n) is 33.7. The molecule has 3 aliphatic heterocycles. The van der Waals surface area contributed by atoms with Gasteiger partial charge in [-0.15, -0.1) is 0 Å². The summed E-state index contributed by atoms with van der Waals surface area (Å²) in [5.41, 5.74) is 1.63. The Bertz CT molecular complexity index is 1850. The molecule has 0 radical (unpaired) electrons. The Kier molecular flexibility index (Phi) is 12.7. The van der Waals surface area contributed by atoms with Crippen LogP contribution in [0, 0.1) is 17.8 Å². The van der Waals surface area contributed by atoms with E-state index >= 15 is 0 Å². The van der Waals surface area contributed by atoms with Gasteiger partial charge in [0.1, 0.15) is 11.3 Å². The van der Waals surface area contributed by atoms with Gasteiger partial charge in [-0.1, -0.05) is 36.7 Å². The van der Waals surface area contributed by atoms with Gasteiger partial charge in [0.05, 0.1) is 31.1 Å². The van der Waals surface area contributed by atoms with Crippen LogP contribution in [0.3, 0.4) is 0 Å². The van der Waals surface area contributed by atoms with Crippen LogP contribution in [-0.4, -0.2) is 133 Å². The normalized spacial score (nSPS) is 31.8. The number of aryl methyl sites for hydroxylation is 1. The molecular weight excluding hydrogens is 754 g/mol. The second-order valence-electron chi connectivity index (χ2n) is 16.9. The van der Waals surface area contributed by atoms with Gasteiger partial charge in [-0.2, -0.15) is 0 Å². The lowest BCUT2D eigenvalue weighted by Gasteiger charge is -2.52. The van der Waals surface area contributed by atoms with Gasteiger partial charge in [0, 0.05) is 77.6 Å². The number of nitrogens with zero attached hydrogens (tertiary/aromatic N) is 4. The summed E-state index contributed by atoms with van der Waals surface area (Å²) in [5, 5.41) is -0.0925. The molecule has 6 atom stereocenters. The zero-order valence-corrected chi connectivity index (χ0v) is 35.2. The second-order valence-corrected chi connectivity index (χ2v) is 19.4. The number of allylic oxidation sites excluding steroid dienone is 1. The number of rotatable bonds is 8. The Hall–Kier alpha value is -2.78. The molecule has 1 amide bonds. The quantitative estimate of drug-likeness (QED) is 0.365. The Morgan fingerprint density at radius 3 is 2.52 bits per heavy atom. The molecule has 4 heterocycles. The number of carbonyl (C=O) groups excluding carboxylic acids is 1. The summed E-state index contributed by atoms with van der Waals surface area (Å²) < 4.78 is 54.0. The average molecular weight is 814 g/mol. The minimum atomic E-state index is -4.01. The molecule has 1 aromatic heterocycles. The molecule has 308 valence electrons. The Morgan fingerprint density at radius 1 is 1.05 bits per heavy atom. The van der Waals surface area contributed by atoms with Crippen molar-refractivity contribution in [3.63, 3.8) is 0 Å². The van der Waals surface area contributed by atoms with Gasteiger partial charge in [0.2, 0.25) is 10.0 Å². The maximum atomic E-state index is 13.6. The van der Waals surface area contributed by atoms with Gasteiger partial charge in [0.15, 0.2) is 11.6 Å². The molecule has 2 bridgehead atoms. The molecule has 1 aromatic carbocycles. The third-order valence-corrected chi connectivity index (χ3v) is 15.7. The Morgan fingerprint density at radius 2 is 1.82 bits per heavy atom. The van der Waals surface area contributed by atoms with Crippen LogP contribution < -0.4 is 14.4 Å².